The maximum Gasteiger partial charge on any atom is 0.185 e. The van der Waals surface area contributed by atoms with Crippen molar-refractivity contribution in [2.24, 2.45) is 0 Å². The number of hydrogen-bond donors (Lipinski definition) is 1. The number of aryl methyl sites for hydroxylation is 1. The van der Waals surface area contributed by atoms with Crippen molar-refractivity contribution in [3.05, 3.63) is 11.1 Å². The summed E-state index contributed by atoms with van der Waals surface area (Å²) < 4.78 is 0. The summed E-state index contributed by atoms with van der Waals surface area (Å²) in [4.78, 5) is 7.05. The van der Waals surface area contributed by atoms with Crippen molar-refractivity contribution in [2.45, 2.75) is 45.7 Å². The van der Waals surface area contributed by atoms with Crippen molar-refractivity contribution in [1.82, 2.24) is 10.3 Å². The van der Waals surface area contributed by atoms with Crippen molar-refractivity contribution >= 4 is 16.5 Å². The smallest absolute Gasteiger partial charge is 0.185 e. The molecule has 0 spiro atoms. The third-order valence-corrected chi connectivity index (χ3v) is 3.99. The van der Waals surface area contributed by atoms with Crippen molar-refractivity contribution in [2.75, 3.05) is 18.0 Å². The van der Waals surface area contributed by atoms with Crippen LogP contribution >= 0.6 is 11.3 Å². The Morgan fingerprint density at radius 3 is 3.06 bits per heavy atom. The van der Waals surface area contributed by atoms with E-state index in [0.717, 1.165) is 18.8 Å². The number of aromatic nitrogens is 1. The monoisotopic (exact) mass is 239 g/mol. The van der Waals surface area contributed by atoms with Gasteiger partial charge in [0.15, 0.2) is 5.13 Å². The van der Waals surface area contributed by atoms with Gasteiger partial charge in [-0.2, -0.15) is 0 Å². The van der Waals surface area contributed by atoms with Gasteiger partial charge >= 0.3 is 0 Å². The van der Waals surface area contributed by atoms with Crippen LogP contribution in [0.2, 0.25) is 0 Å². The molecule has 0 amide bonds. The van der Waals surface area contributed by atoms with E-state index in [0.29, 0.717) is 12.1 Å². The van der Waals surface area contributed by atoms with E-state index in [9.17, 15) is 0 Å². The first kappa shape index (κ1) is 11.9. The molecular formula is C12H21N3S. The maximum absolute atomic E-state index is 4.59. The van der Waals surface area contributed by atoms with Gasteiger partial charge in [0, 0.05) is 30.6 Å². The number of thiazole rings is 1. The highest BCUT2D eigenvalue weighted by Gasteiger charge is 2.26. The van der Waals surface area contributed by atoms with E-state index in [1.54, 1.807) is 11.3 Å². The standard InChI is InChI=1S/C12H21N3S/c1-9(2)13-7-11-5-4-6-15(11)12-14-10(3)8-16-12/h8-9,11,13H,4-7H2,1-3H3. The molecule has 16 heavy (non-hydrogen) atoms. The molecule has 1 aromatic rings. The zero-order chi connectivity index (χ0) is 11.5. The van der Waals surface area contributed by atoms with Gasteiger partial charge < -0.3 is 10.2 Å². The Balaban J connectivity index is 1.98. The van der Waals surface area contributed by atoms with Gasteiger partial charge in [0.05, 0.1) is 5.69 Å². The summed E-state index contributed by atoms with van der Waals surface area (Å²) >= 11 is 1.77. The van der Waals surface area contributed by atoms with Crippen LogP contribution in [0.4, 0.5) is 5.13 Å². The number of nitrogens with zero attached hydrogens (tertiary/aromatic N) is 2. The Morgan fingerprint density at radius 2 is 2.44 bits per heavy atom. The normalized spacial score (nSPS) is 21.0. The largest absolute Gasteiger partial charge is 0.344 e. The topological polar surface area (TPSA) is 28.2 Å². The molecule has 0 aliphatic carbocycles. The second kappa shape index (κ2) is 5.15. The Bertz CT molecular complexity index is 335. The number of rotatable bonds is 4. The maximum atomic E-state index is 4.59. The predicted molar refractivity (Wildman–Crippen MR) is 70.4 cm³/mol. The molecule has 2 heterocycles. The van der Waals surface area contributed by atoms with Crippen LogP contribution in [0.3, 0.4) is 0 Å². The zero-order valence-corrected chi connectivity index (χ0v) is 11.2. The molecule has 0 saturated carbocycles. The highest BCUT2D eigenvalue weighted by atomic mass is 32.1. The Morgan fingerprint density at radius 1 is 1.62 bits per heavy atom. The van der Waals surface area contributed by atoms with Gasteiger partial charge in [0.1, 0.15) is 0 Å². The lowest BCUT2D eigenvalue weighted by atomic mass is 10.2. The zero-order valence-electron chi connectivity index (χ0n) is 10.4. The SMILES string of the molecule is Cc1csc(N2CCCC2CNC(C)C)n1. The quantitative estimate of drug-likeness (QED) is 0.874. The fraction of sp³-hybridized carbons (Fsp3) is 0.750. The van der Waals surface area contributed by atoms with Crippen LogP contribution < -0.4 is 10.2 Å². The minimum Gasteiger partial charge on any atom is -0.344 e. The average molecular weight is 239 g/mol. The molecule has 1 aliphatic rings. The lowest BCUT2D eigenvalue weighted by molar-refractivity contribution is 0.523. The van der Waals surface area contributed by atoms with Gasteiger partial charge in [-0.25, -0.2) is 4.98 Å². The molecule has 0 radical (unpaired) electrons. The Hall–Kier alpha value is -0.610. The first-order chi connectivity index (χ1) is 7.66. The molecule has 1 N–H and O–H groups in total. The number of hydrogen-bond acceptors (Lipinski definition) is 4. The first-order valence-electron chi connectivity index (χ1n) is 6.09. The summed E-state index contributed by atoms with van der Waals surface area (Å²) in [6.07, 6.45) is 2.58. The van der Waals surface area contributed by atoms with Crippen LogP contribution in [0.1, 0.15) is 32.4 Å². The first-order valence-corrected chi connectivity index (χ1v) is 6.97. The van der Waals surface area contributed by atoms with Gasteiger partial charge in [0.2, 0.25) is 0 Å². The van der Waals surface area contributed by atoms with Crippen LogP contribution in [0.15, 0.2) is 5.38 Å². The van der Waals surface area contributed by atoms with E-state index in [1.807, 2.05) is 0 Å². The molecule has 1 aliphatic heterocycles. The van der Waals surface area contributed by atoms with Crippen molar-refractivity contribution in [1.29, 1.82) is 0 Å². The third kappa shape index (κ3) is 2.74. The summed E-state index contributed by atoms with van der Waals surface area (Å²) in [7, 11) is 0. The second-order valence-corrected chi connectivity index (χ2v) is 5.66. The minimum absolute atomic E-state index is 0.570. The van der Waals surface area contributed by atoms with Crippen molar-refractivity contribution in [3.8, 4) is 0 Å². The van der Waals surface area contributed by atoms with Crippen LogP contribution in [-0.4, -0.2) is 30.2 Å². The molecule has 3 nitrogen and oxygen atoms in total. The van der Waals surface area contributed by atoms with E-state index in [1.165, 1.54) is 18.0 Å². The highest BCUT2D eigenvalue weighted by Crippen LogP contribution is 2.28. The fourth-order valence-corrected chi connectivity index (χ4v) is 3.05. The minimum atomic E-state index is 0.570. The van der Waals surface area contributed by atoms with Gasteiger partial charge in [-0.3, -0.25) is 0 Å². The summed E-state index contributed by atoms with van der Waals surface area (Å²) in [6, 6.07) is 1.20. The molecule has 4 heteroatoms. The molecule has 2 rings (SSSR count). The van der Waals surface area contributed by atoms with E-state index in [2.05, 4.69) is 41.4 Å². The molecule has 1 fully saturated rings. The third-order valence-electron chi connectivity index (χ3n) is 2.99. The highest BCUT2D eigenvalue weighted by molar-refractivity contribution is 7.13. The molecule has 0 aromatic carbocycles. The van der Waals surface area contributed by atoms with E-state index < -0.39 is 0 Å². The Kier molecular flexibility index (Phi) is 3.82. The molecule has 1 aromatic heterocycles. The summed E-state index contributed by atoms with van der Waals surface area (Å²) in [5.74, 6) is 0. The molecule has 90 valence electrons. The summed E-state index contributed by atoms with van der Waals surface area (Å²) in [6.45, 7) is 8.71. The predicted octanol–water partition coefficient (Wildman–Crippen LogP) is 2.42. The molecule has 0 bridgehead atoms. The van der Waals surface area contributed by atoms with Gasteiger partial charge in [0.25, 0.3) is 0 Å². The Labute approximate surface area is 102 Å². The van der Waals surface area contributed by atoms with Gasteiger partial charge in [-0.15, -0.1) is 11.3 Å². The van der Waals surface area contributed by atoms with Gasteiger partial charge in [-0.05, 0) is 19.8 Å². The molecular weight excluding hydrogens is 218 g/mol. The second-order valence-electron chi connectivity index (χ2n) is 4.82. The van der Waals surface area contributed by atoms with Crippen LogP contribution in [0.25, 0.3) is 0 Å². The van der Waals surface area contributed by atoms with Gasteiger partial charge in [-0.1, -0.05) is 13.8 Å². The van der Waals surface area contributed by atoms with Crippen LogP contribution in [-0.2, 0) is 0 Å². The van der Waals surface area contributed by atoms with E-state index in [-0.39, 0.29) is 0 Å². The molecule has 1 saturated heterocycles. The van der Waals surface area contributed by atoms with E-state index >= 15 is 0 Å². The molecule has 1 atom stereocenters. The molecule has 1 unspecified atom stereocenters. The van der Waals surface area contributed by atoms with Crippen molar-refractivity contribution in [3.63, 3.8) is 0 Å². The van der Waals surface area contributed by atoms with E-state index in [4.69, 9.17) is 0 Å². The van der Waals surface area contributed by atoms with Crippen molar-refractivity contribution < 1.29 is 0 Å². The number of nitrogens with one attached hydrogen (secondary N) is 1. The van der Waals surface area contributed by atoms with Crippen LogP contribution in [0.5, 0.6) is 0 Å². The fourth-order valence-electron chi connectivity index (χ4n) is 2.14. The lowest BCUT2D eigenvalue weighted by Crippen LogP contribution is -2.40. The summed E-state index contributed by atoms with van der Waals surface area (Å²) in [5, 5.41) is 6.87. The summed E-state index contributed by atoms with van der Waals surface area (Å²) in [5.41, 5.74) is 1.14. The average Bonchev–Trinajstić information content (AvgIpc) is 2.82. The van der Waals surface area contributed by atoms with Crippen LogP contribution in [0, 0.1) is 6.92 Å². The lowest BCUT2D eigenvalue weighted by Gasteiger charge is -2.25. The number of anilines is 1.